The Kier molecular flexibility index (Phi) is 7.41. The molecule has 0 saturated carbocycles. The number of aromatic nitrogens is 5. The molecule has 0 aliphatic carbocycles. The number of carbonyl (C=O) groups is 1. The van der Waals surface area contributed by atoms with Crippen LogP contribution in [0.4, 0.5) is 4.39 Å². The van der Waals surface area contributed by atoms with Crippen molar-refractivity contribution >= 4 is 15.9 Å². The zero-order valence-electron chi connectivity index (χ0n) is 23.1. The normalized spacial score (nSPS) is 20.6. The number of aliphatic hydroxyl groups excluding tert-OH is 1. The average molecular weight is 610 g/mol. The molecule has 1 fully saturated rings. The summed E-state index contributed by atoms with van der Waals surface area (Å²) in [6, 6.07) is 11.5. The number of aryl methyl sites for hydroxylation is 1. The summed E-state index contributed by atoms with van der Waals surface area (Å²) in [7, 11) is -3.90. The molecule has 43 heavy (non-hydrogen) atoms. The van der Waals surface area contributed by atoms with Crippen molar-refractivity contribution in [1.82, 2.24) is 33.9 Å². The Hall–Kier alpha value is -4.31. The van der Waals surface area contributed by atoms with Gasteiger partial charge in [-0.05, 0) is 36.8 Å². The monoisotopic (exact) mass is 609 g/mol. The molecular weight excluding hydrogens is 581 g/mol. The molecule has 224 valence electrons. The third-order valence-electron chi connectivity index (χ3n) is 7.75. The summed E-state index contributed by atoms with van der Waals surface area (Å²) in [4.78, 5) is 34.8. The number of amides is 1. The van der Waals surface area contributed by atoms with E-state index >= 15 is 0 Å². The van der Waals surface area contributed by atoms with Crippen LogP contribution in [0.1, 0.15) is 33.9 Å². The smallest absolute Gasteiger partial charge is 0.270 e. The van der Waals surface area contributed by atoms with Gasteiger partial charge in [-0.25, -0.2) is 27.5 Å². The van der Waals surface area contributed by atoms with E-state index in [4.69, 9.17) is 4.74 Å². The van der Waals surface area contributed by atoms with Crippen molar-refractivity contribution in [3.05, 3.63) is 100 Å². The molecule has 0 radical (unpaired) electrons. The Morgan fingerprint density at radius 1 is 1.19 bits per heavy atom. The third kappa shape index (κ3) is 5.24. The van der Waals surface area contributed by atoms with Crippen molar-refractivity contribution in [3.8, 4) is 5.69 Å². The van der Waals surface area contributed by atoms with Crippen molar-refractivity contribution in [3.63, 3.8) is 0 Å². The van der Waals surface area contributed by atoms with Crippen LogP contribution in [0.5, 0.6) is 0 Å². The Labute approximate surface area is 245 Å². The number of nitrogens with zero attached hydrogens (tertiary/aromatic N) is 6. The second-order valence-corrected chi connectivity index (χ2v) is 12.4. The van der Waals surface area contributed by atoms with E-state index in [9.17, 15) is 27.5 Å². The number of fused-ring (bicyclic) bond motifs is 2. The number of sulfonamides is 1. The van der Waals surface area contributed by atoms with Crippen LogP contribution in [-0.2, 0) is 33.5 Å². The number of halogens is 1. The molecule has 2 aliphatic heterocycles. The first-order valence-corrected chi connectivity index (χ1v) is 15.0. The first-order valence-electron chi connectivity index (χ1n) is 13.5. The quantitative estimate of drug-likeness (QED) is 0.323. The van der Waals surface area contributed by atoms with Crippen LogP contribution in [0.2, 0.25) is 0 Å². The van der Waals surface area contributed by atoms with E-state index in [0.29, 0.717) is 11.3 Å². The third-order valence-corrected chi connectivity index (χ3v) is 9.63. The van der Waals surface area contributed by atoms with Crippen LogP contribution >= 0.6 is 0 Å². The van der Waals surface area contributed by atoms with Gasteiger partial charge in [-0.15, -0.1) is 0 Å². The van der Waals surface area contributed by atoms with Crippen LogP contribution in [0.15, 0.2) is 70.9 Å². The summed E-state index contributed by atoms with van der Waals surface area (Å²) in [5.41, 5.74) is -0.387. The van der Waals surface area contributed by atoms with Gasteiger partial charge in [0.15, 0.2) is 5.60 Å². The number of nitrogens with one attached hydrogen (secondary N) is 1. The van der Waals surface area contributed by atoms with Gasteiger partial charge in [-0.1, -0.05) is 23.8 Å². The Morgan fingerprint density at radius 2 is 1.98 bits per heavy atom. The number of aliphatic hydroxyl groups is 1. The maximum atomic E-state index is 13.9. The maximum absolute atomic E-state index is 13.9. The van der Waals surface area contributed by atoms with Crippen molar-refractivity contribution in [2.24, 2.45) is 0 Å². The van der Waals surface area contributed by atoms with E-state index in [2.05, 4.69) is 20.4 Å². The fourth-order valence-electron chi connectivity index (χ4n) is 5.44. The number of hydrogen-bond acceptors (Lipinski definition) is 9. The van der Waals surface area contributed by atoms with E-state index in [0.717, 1.165) is 11.6 Å². The number of piperidine rings is 1. The zero-order chi connectivity index (χ0) is 30.4. The van der Waals surface area contributed by atoms with Gasteiger partial charge in [-0.3, -0.25) is 14.2 Å². The number of rotatable bonds is 6. The summed E-state index contributed by atoms with van der Waals surface area (Å²) in [5, 5.41) is 18.1. The highest BCUT2D eigenvalue weighted by Gasteiger charge is 2.52. The highest BCUT2D eigenvalue weighted by molar-refractivity contribution is 7.89. The summed E-state index contributed by atoms with van der Waals surface area (Å²) >= 11 is 0. The Morgan fingerprint density at radius 3 is 2.70 bits per heavy atom. The molecule has 13 nitrogen and oxygen atoms in total. The lowest BCUT2D eigenvalue weighted by molar-refractivity contribution is -0.175. The summed E-state index contributed by atoms with van der Waals surface area (Å²) in [6.45, 7) is 1.76. The van der Waals surface area contributed by atoms with Crippen LogP contribution in [0.25, 0.3) is 5.69 Å². The van der Waals surface area contributed by atoms with E-state index < -0.39 is 39.0 Å². The number of benzene rings is 2. The van der Waals surface area contributed by atoms with Crippen molar-refractivity contribution in [1.29, 1.82) is 0 Å². The maximum Gasteiger partial charge on any atom is 0.270 e. The largest absolute Gasteiger partial charge is 0.388 e. The predicted molar refractivity (Wildman–Crippen MR) is 149 cm³/mol. The first kappa shape index (κ1) is 28.8. The minimum absolute atomic E-state index is 0.00477. The lowest BCUT2D eigenvalue weighted by Crippen LogP contribution is -2.60. The number of β-amino-alcohol motifs (C(OH)–C–C–N with tert-alkyl or cyclic N) is 1. The molecule has 2 unspecified atom stereocenters. The average Bonchev–Trinajstić information content (AvgIpc) is 3.53. The summed E-state index contributed by atoms with van der Waals surface area (Å²) in [6.07, 6.45) is 1.33. The van der Waals surface area contributed by atoms with E-state index in [1.54, 1.807) is 12.1 Å². The molecule has 2 N–H and O–H groups in total. The molecule has 4 heterocycles. The summed E-state index contributed by atoms with van der Waals surface area (Å²) in [5.74, 6) is -1.11. The van der Waals surface area contributed by atoms with Gasteiger partial charge in [0, 0.05) is 32.1 Å². The Bertz CT molecular complexity index is 1850. The number of carbonyl (C=O) groups excluding carboxylic acids is 1. The molecule has 15 heteroatoms. The molecule has 2 aliphatic rings. The SMILES string of the molecule is Cc1ccc(S(=O)(=O)N2CCC3(OCCn4c3nc(C(=O)NCc3ccc(F)cc3-n3cncn3)cc4=O)C(O)C2)cc1. The van der Waals surface area contributed by atoms with Gasteiger partial charge in [0.2, 0.25) is 10.0 Å². The van der Waals surface area contributed by atoms with E-state index in [1.807, 2.05) is 6.92 Å². The fourth-order valence-corrected chi connectivity index (χ4v) is 6.89. The van der Waals surface area contributed by atoms with E-state index in [-0.39, 0.29) is 55.6 Å². The van der Waals surface area contributed by atoms with Gasteiger partial charge >= 0.3 is 0 Å². The fraction of sp³-hybridized carbons (Fsp3) is 0.321. The predicted octanol–water partition coefficient (Wildman–Crippen LogP) is 0.883. The van der Waals surface area contributed by atoms with Crippen molar-refractivity contribution in [2.75, 3.05) is 19.7 Å². The highest BCUT2D eigenvalue weighted by Crippen LogP contribution is 2.39. The molecule has 4 aromatic rings. The topological polar surface area (TPSA) is 162 Å². The van der Waals surface area contributed by atoms with Crippen LogP contribution in [0.3, 0.4) is 0 Å². The van der Waals surface area contributed by atoms with Gasteiger partial charge in [0.1, 0.15) is 36.1 Å². The molecule has 1 saturated heterocycles. The van der Waals surface area contributed by atoms with Crippen LogP contribution in [0, 0.1) is 12.7 Å². The molecule has 2 aromatic heterocycles. The van der Waals surface area contributed by atoms with Gasteiger partial charge in [0.25, 0.3) is 11.5 Å². The molecule has 2 aromatic carbocycles. The molecule has 0 bridgehead atoms. The van der Waals surface area contributed by atoms with Crippen molar-refractivity contribution < 1.29 is 27.4 Å². The van der Waals surface area contributed by atoms with E-state index in [1.165, 1.54) is 56.5 Å². The highest BCUT2D eigenvalue weighted by atomic mass is 32.2. The second-order valence-electron chi connectivity index (χ2n) is 10.4. The molecular formula is C28H28FN7O6S. The van der Waals surface area contributed by atoms with Gasteiger partial charge in [0.05, 0.1) is 23.7 Å². The molecule has 1 spiro atoms. The number of ether oxygens (including phenoxy) is 1. The molecule has 1 amide bonds. The van der Waals surface area contributed by atoms with Gasteiger partial charge < -0.3 is 15.2 Å². The second kappa shape index (κ2) is 11.1. The standard InChI is InChI=1S/C28H28FN7O6S/c1-18-2-6-21(7-3-18)43(40,41)34-9-8-28(24(37)15-34)27-33-22(13-25(38)35(27)10-11-42-28)26(39)31-14-19-4-5-20(29)12-23(19)36-17-30-16-32-36/h2-7,12-13,16-17,24,37H,8-11,14-15H2,1H3,(H,31,39). The minimum Gasteiger partial charge on any atom is -0.388 e. The lowest BCUT2D eigenvalue weighted by Gasteiger charge is -2.46. The van der Waals surface area contributed by atoms with Crippen LogP contribution in [-0.4, -0.2) is 73.9 Å². The van der Waals surface area contributed by atoms with Crippen molar-refractivity contribution in [2.45, 2.75) is 43.0 Å². The lowest BCUT2D eigenvalue weighted by atomic mass is 9.87. The van der Waals surface area contributed by atoms with Gasteiger partial charge in [-0.2, -0.15) is 9.40 Å². The zero-order valence-corrected chi connectivity index (χ0v) is 23.9. The first-order chi connectivity index (χ1) is 20.6. The summed E-state index contributed by atoms with van der Waals surface area (Å²) < 4.78 is 50.4. The minimum atomic E-state index is -3.90. The molecule has 2 atom stereocenters. The molecule has 6 rings (SSSR count). The Balaban J connectivity index is 1.25. The van der Waals surface area contributed by atoms with Crippen LogP contribution < -0.4 is 10.9 Å². The number of hydrogen-bond donors (Lipinski definition) is 2.